The first kappa shape index (κ1) is 27.2. The zero-order valence-electron chi connectivity index (χ0n) is 17.9. The predicted octanol–water partition coefficient (Wildman–Crippen LogP) is 3.13. The molecule has 0 aliphatic heterocycles. The van der Waals surface area contributed by atoms with E-state index in [1.165, 1.54) is 11.8 Å². The molecular formula is C21H29FN2O7S. The average Bonchev–Trinajstić information content (AvgIpc) is 2.77. The van der Waals surface area contributed by atoms with Crippen LogP contribution in [0, 0.1) is 0 Å². The Morgan fingerprint density at radius 3 is 2.50 bits per heavy atom. The van der Waals surface area contributed by atoms with E-state index >= 15 is 0 Å². The van der Waals surface area contributed by atoms with Crippen molar-refractivity contribution in [2.45, 2.75) is 56.3 Å². The van der Waals surface area contributed by atoms with Gasteiger partial charge in [-0.2, -0.15) is 0 Å². The number of carboxylic acid groups (broad SMARTS) is 1. The Balaban J connectivity index is 2.36. The number of carbonyl (C=O) groups excluding carboxylic acids is 3. The molecule has 178 valence electrons. The zero-order valence-corrected chi connectivity index (χ0v) is 18.7. The van der Waals surface area contributed by atoms with Crippen LogP contribution in [0.15, 0.2) is 29.2 Å². The maximum atomic E-state index is 12.2. The second-order valence-electron chi connectivity index (χ2n) is 6.70. The summed E-state index contributed by atoms with van der Waals surface area (Å²) in [7, 11) is 0. The van der Waals surface area contributed by atoms with Crippen LogP contribution < -0.4 is 10.6 Å². The van der Waals surface area contributed by atoms with Crippen LogP contribution in [0.1, 0.15) is 49.4 Å². The summed E-state index contributed by atoms with van der Waals surface area (Å²) in [4.78, 5) is 46.6. The Morgan fingerprint density at radius 1 is 1.19 bits per heavy atom. The number of hydrogen-bond donors (Lipinski definition) is 3. The Labute approximate surface area is 190 Å². The minimum absolute atomic E-state index is 0.149. The number of unbranched alkanes of at least 4 members (excludes halogenated alkanes) is 1. The predicted molar refractivity (Wildman–Crippen MR) is 116 cm³/mol. The molecule has 2 atom stereocenters. The smallest absolute Gasteiger partial charge is 0.410 e. The molecule has 0 saturated carbocycles. The van der Waals surface area contributed by atoms with Gasteiger partial charge in [0.15, 0.2) is 0 Å². The molecule has 3 N–H and O–H groups in total. The van der Waals surface area contributed by atoms with Crippen LogP contribution in [0.2, 0.25) is 0 Å². The molecule has 1 aromatic carbocycles. The fourth-order valence-corrected chi connectivity index (χ4v) is 3.30. The van der Waals surface area contributed by atoms with E-state index in [4.69, 9.17) is 14.6 Å². The fourth-order valence-electron chi connectivity index (χ4n) is 2.66. The van der Waals surface area contributed by atoms with Gasteiger partial charge in [-0.25, -0.2) is 9.59 Å². The Morgan fingerprint density at radius 2 is 1.91 bits per heavy atom. The minimum atomic E-state index is -1.18. The lowest BCUT2D eigenvalue weighted by atomic mass is 10.2. The third kappa shape index (κ3) is 11.0. The second kappa shape index (κ2) is 15.9. The Bertz CT molecular complexity index is 733. The standard InChI is InChI=1S/C21H29FN2O7S/c1-2-5-17(20(27)28)24-21(29)31-18(30-14-25)6-3-4-12-23-19(26)15-7-9-16(10-8-15)32-13-11-22/h7-10,14,17-18H,2-6,11-13H2,1H3,(H,23,26)(H,24,29)(H,27,28)/t17-,18-/m0/s1. The minimum Gasteiger partial charge on any atom is -0.480 e. The van der Waals surface area contributed by atoms with Crippen molar-refractivity contribution in [2.24, 2.45) is 0 Å². The largest absolute Gasteiger partial charge is 0.480 e. The number of halogens is 1. The van der Waals surface area contributed by atoms with Gasteiger partial charge in [-0.05, 0) is 43.5 Å². The van der Waals surface area contributed by atoms with Crippen molar-refractivity contribution < 1.29 is 38.1 Å². The summed E-state index contributed by atoms with van der Waals surface area (Å²) in [5, 5.41) is 14.0. The van der Waals surface area contributed by atoms with Crippen molar-refractivity contribution in [1.82, 2.24) is 10.6 Å². The monoisotopic (exact) mass is 472 g/mol. The molecule has 0 aromatic heterocycles. The summed E-state index contributed by atoms with van der Waals surface area (Å²) >= 11 is 1.37. The molecule has 0 aliphatic rings. The van der Waals surface area contributed by atoms with E-state index in [2.05, 4.69) is 10.6 Å². The zero-order chi connectivity index (χ0) is 23.8. The molecule has 0 heterocycles. The number of ether oxygens (including phenoxy) is 2. The highest BCUT2D eigenvalue weighted by molar-refractivity contribution is 7.99. The van der Waals surface area contributed by atoms with Gasteiger partial charge in [0.25, 0.3) is 12.4 Å². The SMILES string of the molecule is CCC[C@H](NC(=O)O[C@@H](CCCCNC(=O)c1ccc(SCCF)cc1)OC=O)C(=O)O. The highest BCUT2D eigenvalue weighted by Crippen LogP contribution is 2.18. The van der Waals surface area contributed by atoms with Crippen LogP contribution in [0.4, 0.5) is 9.18 Å². The maximum Gasteiger partial charge on any atom is 0.410 e. The van der Waals surface area contributed by atoms with Crippen molar-refractivity contribution >= 4 is 36.2 Å². The summed E-state index contributed by atoms with van der Waals surface area (Å²) < 4.78 is 21.9. The van der Waals surface area contributed by atoms with E-state index < -0.39 is 31.1 Å². The van der Waals surface area contributed by atoms with Gasteiger partial charge in [-0.1, -0.05) is 13.3 Å². The number of rotatable bonds is 16. The summed E-state index contributed by atoms with van der Waals surface area (Å²) in [6.45, 7) is 1.87. The fraction of sp³-hybridized carbons (Fsp3) is 0.524. The van der Waals surface area contributed by atoms with Gasteiger partial charge >= 0.3 is 12.1 Å². The summed E-state index contributed by atoms with van der Waals surface area (Å²) in [5.41, 5.74) is 0.483. The summed E-state index contributed by atoms with van der Waals surface area (Å²) in [6, 6.07) is 5.76. The van der Waals surface area contributed by atoms with E-state index in [1.54, 1.807) is 31.2 Å². The van der Waals surface area contributed by atoms with Crippen molar-refractivity contribution in [2.75, 3.05) is 19.0 Å². The highest BCUT2D eigenvalue weighted by Gasteiger charge is 2.22. The number of nitrogens with one attached hydrogen (secondary N) is 2. The number of alkyl carbamates (subject to hydrolysis) is 1. The molecule has 0 unspecified atom stereocenters. The van der Waals surface area contributed by atoms with E-state index in [1.807, 2.05) is 0 Å². The van der Waals surface area contributed by atoms with Crippen LogP contribution in [0.3, 0.4) is 0 Å². The number of amides is 2. The number of carbonyl (C=O) groups is 4. The number of alkyl halides is 1. The van der Waals surface area contributed by atoms with E-state index in [-0.39, 0.29) is 25.2 Å². The van der Waals surface area contributed by atoms with Crippen molar-refractivity contribution in [3.63, 3.8) is 0 Å². The Kier molecular flexibility index (Phi) is 13.5. The van der Waals surface area contributed by atoms with Gasteiger partial charge in [0, 0.05) is 29.2 Å². The van der Waals surface area contributed by atoms with Gasteiger partial charge in [-0.15, -0.1) is 11.8 Å². The molecule has 32 heavy (non-hydrogen) atoms. The molecule has 0 spiro atoms. The number of thioether (sulfide) groups is 1. The number of benzene rings is 1. The highest BCUT2D eigenvalue weighted by atomic mass is 32.2. The molecular weight excluding hydrogens is 443 g/mol. The molecule has 0 bridgehead atoms. The first-order valence-corrected chi connectivity index (χ1v) is 11.3. The number of carboxylic acids is 1. The van der Waals surface area contributed by atoms with Crippen molar-refractivity contribution in [1.29, 1.82) is 0 Å². The third-order valence-corrected chi connectivity index (χ3v) is 5.19. The van der Waals surface area contributed by atoms with Gasteiger partial charge in [0.05, 0.1) is 6.67 Å². The normalized spacial score (nSPS) is 12.3. The molecule has 11 heteroatoms. The third-order valence-electron chi connectivity index (χ3n) is 4.23. The molecule has 1 rings (SSSR count). The van der Waals surface area contributed by atoms with Gasteiger partial charge in [0.1, 0.15) is 6.04 Å². The molecule has 1 aromatic rings. The number of aliphatic carboxylic acids is 1. The van der Waals surface area contributed by atoms with Gasteiger partial charge in [-0.3, -0.25) is 14.0 Å². The van der Waals surface area contributed by atoms with Crippen molar-refractivity contribution in [3.8, 4) is 0 Å². The second-order valence-corrected chi connectivity index (χ2v) is 7.87. The summed E-state index contributed by atoms with van der Waals surface area (Å²) in [5.74, 6) is -1.07. The van der Waals surface area contributed by atoms with E-state index in [0.29, 0.717) is 37.1 Å². The molecule has 0 saturated heterocycles. The molecule has 0 aliphatic carbocycles. The van der Waals surface area contributed by atoms with Crippen LogP contribution in [0.25, 0.3) is 0 Å². The lowest BCUT2D eigenvalue weighted by Gasteiger charge is -2.18. The molecule has 9 nitrogen and oxygen atoms in total. The lowest BCUT2D eigenvalue weighted by molar-refractivity contribution is -0.154. The average molecular weight is 473 g/mol. The first-order valence-electron chi connectivity index (χ1n) is 10.3. The van der Waals surface area contributed by atoms with Crippen LogP contribution in [0.5, 0.6) is 0 Å². The topological polar surface area (TPSA) is 131 Å². The first-order chi connectivity index (χ1) is 15.4. The molecule has 0 fully saturated rings. The molecule has 2 amide bonds. The van der Waals surface area contributed by atoms with Crippen LogP contribution in [-0.2, 0) is 19.1 Å². The molecule has 0 radical (unpaired) electrons. The Hall–Kier alpha value is -2.82. The van der Waals surface area contributed by atoms with E-state index in [0.717, 1.165) is 4.90 Å². The van der Waals surface area contributed by atoms with Crippen molar-refractivity contribution in [3.05, 3.63) is 29.8 Å². The van der Waals surface area contributed by atoms with Gasteiger partial charge < -0.3 is 25.2 Å². The number of hydrogen-bond acceptors (Lipinski definition) is 7. The van der Waals surface area contributed by atoms with Crippen LogP contribution in [-0.4, -0.2) is 60.9 Å². The van der Waals surface area contributed by atoms with Gasteiger partial charge in [0.2, 0.25) is 6.29 Å². The van der Waals surface area contributed by atoms with Crippen LogP contribution >= 0.6 is 11.8 Å². The van der Waals surface area contributed by atoms with E-state index in [9.17, 15) is 23.6 Å². The summed E-state index contributed by atoms with van der Waals surface area (Å²) in [6.07, 6.45) is -0.154. The quantitative estimate of drug-likeness (QED) is 0.145. The maximum absolute atomic E-state index is 12.2. The lowest BCUT2D eigenvalue weighted by Crippen LogP contribution is -2.42.